The molecule has 2 N–H and O–H groups in total. The van der Waals surface area contributed by atoms with Gasteiger partial charge in [-0.25, -0.2) is 0 Å². The van der Waals surface area contributed by atoms with E-state index in [0.717, 1.165) is 64.2 Å². The van der Waals surface area contributed by atoms with Crippen molar-refractivity contribution in [1.29, 1.82) is 0 Å². The summed E-state index contributed by atoms with van der Waals surface area (Å²) < 4.78 is 23.1. The Balaban J connectivity index is 4.57. The van der Waals surface area contributed by atoms with E-state index in [1.54, 1.807) is 0 Å². The molecule has 0 aliphatic carbocycles. The van der Waals surface area contributed by atoms with Crippen molar-refractivity contribution < 1.29 is 32.9 Å². The number of aliphatic hydroxyl groups excluding tert-OH is 1. The number of phosphoric acid groups is 1. The molecule has 0 rings (SSSR count). The van der Waals surface area contributed by atoms with Crippen molar-refractivity contribution in [3.8, 4) is 0 Å². The number of rotatable bonds is 31. The van der Waals surface area contributed by atoms with Crippen molar-refractivity contribution in [2.24, 2.45) is 0 Å². The molecule has 0 fully saturated rings. The number of carbonyl (C=O) groups is 1. The van der Waals surface area contributed by atoms with E-state index in [1.807, 2.05) is 21.1 Å². The van der Waals surface area contributed by atoms with Gasteiger partial charge in [-0.15, -0.1) is 0 Å². The number of carbonyl (C=O) groups excluding carboxylic acids is 1. The predicted molar refractivity (Wildman–Crippen MR) is 187 cm³/mol. The average Bonchev–Trinajstić information content (AvgIpc) is 2.97. The second-order valence-electron chi connectivity index (χ2n) is 13.2. The monoisotopic (exact) mass is 656 g/mol. The summed E-state index contributed by atoms with van der Waals surface area (Å²) >= 11 is 0. The highest BCUT2D eigenvalue weighted by Gasteiger charge is 2.24. The van der Waals surface area contributed by atoms with Crippen LogP contribution in [0.2, 0.25) is 0 Å². The first kappa shape index (κ1) is 43.7. The minimum Gasteiger partial charge on any atom is -0.756 e. The van der Waals surface area contributed by atoms with E-state index in [0.29, 0.717) is 23.9 Å². The second-order valence-corrected chi connectivity index (χ2v) is 14.6. The van der Waals surface area contributed by atoms with Crippen LogP contribution in [0.15, 0.2) is 36.5 Å². The summed E-state index contributed by atoms with van der Waals surface area (Å²) in [5.41, 5.74) is 0. The molecule has 0 bridgehead atoms. The van der Waals surface area contributed by atoms with Gasteiger partial charge in [-0.05, 0) is 44.9 Å². The Morgan fingerprint density at radius 1 is 0.800 bits per heavy atom. The van der Waals surface area contributed by atoms with Crippen molar-refractivity contribution in [3.05, 3.63) is 36.5 Å². The summed E-state index contributed by atoms with van der Waals surface area (Å²) in [6, 6.07) is -0.811. The number of amides is 1. The van der Waals surface area contributed by atoms with Crippen LogP contribution >= 0.6 is 7.82 Å². The van der Waals surface area contributed by atoms with Gasteiger partial charge in [0.05, 0.1) is 39.9 Å². The maximum absolute atomic E-state index is 12.7. The molecule has 3 unspecified atom stereocenters. The van der Waals surface area contributed by atoms with E-state index in [4.69, 9.17) is 9.05 Å². The smallest absolute Gasteiger partial charge is 0.268 e. The molecular weight excluding hydrogens is 587 g/mol. The lowest BCUT2D eigenvalue weighted by Crippen LogP contribution is -2.46. The van der Waals surface area contributed by atoms with Gasteiger partial charge >= 0.3 is 0 Å². The van der Waals surface area contributed by atoms with Crippen LogP contribution in [0.25, 0.3) is 0 Å². The van der Waals surface area contributed by atoms with Crippen LogP contribution in [-0.2, 0) is 18.4 Å². The topological polar surface area (TPSA) is 108 Å². The number of hydrogen-bond donors (Lipinski definition) is 2. The highest BCUT2D eigenvalue weighted by atomic mass is 31.2. The Morgan fingerprint density at radius 2 is 1.36 bits per heavy atom. The normalized spacial score (nSPS) is 15.3. The molecule has 0 aliphatic heterocycles. The van der Waals surface area contributed by atoms with E-state index in [-0.39, 0.29) is 19.1 Å². The van der Waals surface area contributed by atoms with Crippen LogP contribution in [0.5, 0.6) is 0 Å². The van der Waals surface area contributed by atoms with Gasteiger partial charge in [0.15, 0.2) is 0 Å². The van der Waals surface area contributed by atoms with Gasteiger partial charge in [0.25, 0.3) is 7.82 Å². The molecule has 0 aromatic heterocycles. The van der Waals surface area contributed by atoms with Crippen molar-refractivity contribution in [2.45, 2.75) is 148 Å². The fraction of sp³-hybridized carbons (Fsp3) is 0.806. The Labute approximate surface area is 276 Å². The SMILES string of the molecule is CC/C=C\C/C=C\C/C=C\CCCCCC(=O)NC(COP(=O)([O-])OCC[N+](C)(C)C)C(O)CCCCCCCCCCCC. The fourth-order valence-electron chi connectivity index (χ4n) is 4.76. The molecule has 0 aromatic rings. The molecule has 0 radical (unpaired) electrons. The third-order valence-electron chi connectivity index (χ3n) is 7.64. The molecule has 0 aliphatic rings. The first-order chi connectivity index (χ1) is 21.5. The van der Waals surface area contributed by atoms with E-state index in [9.17, 15) is 19.4 Å². The number of unbranched alkanes of at least 4 members (excludes halogenated alkanes) is 12. The summed E-state index contributed by atoms with van der Waals surface area (Å²) in [5.74, 6) is -0.199. The molecule has 8 nitrogen and oxygen atoms in total. The van der Waals surface area contributed by atoms with Crippen LogP contribution in [0.3, 0.4) is 0 Å². The lowest BCUT2D eigenvalue weighted by atomic mass is 10.0. The van der Waals surface area contributed by atoms with E-state index >= 15 is 0 Å². The minimum atomic E-state index is -4.56. The number of allylic oxidation sites excluding steroid dienone is 6. The Bertz CT molecular complexity index is 840. The number of likely N-dealkylation sites (N-methyl/N-ethyl adjacent to an activating group) is 1. The van der Waals surface area contributed by atoms with Crippen molar-refractivity contribution in [3.63, 3.8) is 0 Å². The quantitative estimate of drug-likeness (QED) is 0.0337. The molecule has 1 amide bonds. The largest absolute Gasteiger partial charge is 0.756 e. The molecule has 0 spiro atoms. The van der Waals surface area contributed by atoms with Gasteiger partial charge in [-0.1, -0.05) is 121 Å². The number of nitrogens with one attached hydrogen (secondary N) is 1. The number of quaternary nitrogens is 1. The molecule has 3 atom stereocenters. The summed E-state index contributed by atoms with van der Waals surface area (Å²) in [6.07, 6.45) is 31.5. The van der Waals surface area contributed by atoms with Crippen LogP contribution < -0.4 is 10.2 Å². The zero-order valence-corrected chi connectivity index (χ0v) is 30.5. The molecule has 0 saturated heterocycles. The van der Waals surface area contributed by atoms with Crippen molar-refractivity contribution in [2.75, 3.05) is 40.9 Å². The Morgan fingerprint density at radius 3 is 1.96 bits per heavy atom. The summed E-state index contributed by atoms with van der Waals surface area (Å²) in [7, 11) is 1.27. The van der Waals surface area contributed by atoms with E-state index in [2.05, 4.69) is 55.6 Å². The maximum Gasteiger partial charge on any atom is 0.268 e. The van der Waals surface area contributed by atoms with Gasteiger partial charge in [0, 0.05) is 6.42 Å². The van der Waals surface area contributed by atoms with Gasteiger partial charge in [-0.2, -0.15) is 0 Å². The number of phosphoric ester groups is 1. The Hall–Kier alpha value is -1.28. The first-order valence-corrected chi connectivity index (χ1v) is 19.3. The zero-order chi connectivity index (χ0) is 33.7. The highest BCUT2D eigenvalue weighted by molar-refractivity contribution is 7.45. The summed E-state index contributed by atoms with van der Waals surface area (Å²) in [5, 5.41) is 13.7. The standard InChI is InChI=1S/C36H69N2O6P/c1-6-8-10-12-14-16-18-19-20-22-24-26-28-30-36(40)37-34(33-44-45(41,42)43-32-31-38(3,4)5)35(39)29-27-25-23-21-17-15-13-11-9-7-2/h8,10,14,16,19-20,34-35,39H,6-7,9,11-13,15,17-18,21-33H2,1-5H3,(H-,37,40,41,42)/b10-8-,16-14-,20-19-. The third kappa shape index (κ3) is 31.1. The Kier molecular flexibility index (Phi) is 28.1. The van der Waals surface area contributed by atoms with Crippen LogP contribution in [0, 0.1) is 0 Å². The van der Waals surface area contributed by atoms with Gasteiger partial charge in [0.1, 0.15) is 13.2 Å². The van der Waals surface area contributed by atoms with E-state index < -0.39 is 20.0 Å². The maximum atomic E-state index is 12.7. The molecular formula is C36H69N2O6P. The number of hydrogen-bond acceptors (Lipinski definition) is 6. The van der Waals surface area contributed by atoms with Crippen LogP contribution in [-0.4, -0.2) is 68.5 Å². The molecule has 9 heteroatoms. The fourth-order valence-corrected chi connectivity index (χ4v) is 5.48. The molecule has 0 saturated carbocycles. The van der Waals surface area contributed by atoms with Gasteiger partial charge < -0.3 is 28.8 Å². The molecule has 0 aromatic carbocycles. The van der Waals surface area contributed by atoms with Crippen molar-refractivity contribution in [1.82, 2.24) is 5.32 Å². The predicted octanol–water partition coefficient (Wildman–Crippen LogP) is 8.16. The molecule has 45 heavy (non-hydrogen) atoms. The highest BCUT2D eigenvalue weighted by Crippen LogP contribution is 2.38. The lowest BCUT2D eigenvalue weighted by molar-refractivity contribution is -0.870. The lowest BCUT2D eigenvalue weighted by Gasteiger charge is -2.30. The van der Waals surface area contributed by atoms with Crippen molar-refractivity contribution >= 4 is 13.7 Å². The number of nitrogens with zero attached hydrogens (tertiary/aromatic N) is 1. The molecule has 0 heterocycles. The first-order valence-electron chi connectivity index (χ1n) is 17.8. The van der Waals surface area contributed by atoms with Gasteiger partial charge in [-0.3, -0.25) is 9.36 Å². The average molecular weight is 657 g/mol. The summed E-state index contributed by atoms with van der Waals surface area (Å²) in [6.45, 7) is 4.52. The van der Waals surface area contributed by atoms with Crippen LogP contribution in [0.1, 0.15) is 136 Å². The zero-order valence-electron chi connectivity index (χ0n) is 29.6. The number of aliphatic hydroxyl groups is 1. The van der Waals surface area contributed by atoms with Crippen LogP contribution in [0.4, 0.5) is 0 Å². The van der Waals surface area contributed by atoms with Gasteiger partial charge in [0.2, 0.25) is 5.91 Å². The second kappa shape index (κ2) is 28.9. The van der Waals surface area contributed by atoms with E-state index in [1.165, 1.54) is 44.9 Å². The molecule has 264 valence electrons. The third-order valence-corrected chi connectivity index (χ3v) is 8.61. The summed E-state index contributed by atoms with van der Waals surface area (Å²) in [4.78, 5) is 25.1. The minimum absolute atomic E-state index is 0.00495.